The van der Waals surface area contributed by atoms with Gasteiger partial charge in [0, 0.05) is 41.3 Å². The molecular formula is C28H32F2N8. The molecule has 3 heterocycles. The van der Waals surface area contributed by atoms with Gasteiger partial charge in [-0.1, -0.05) is 26.8 Å². The number of hydrazine groups is 2. The number of nitrogens with one attached hydrogen (secondary N) is 4. The van der Waals surface area contributed by atoms with E-state index in [1.54, 1.807) is 19.1 Å². The van der Waals surface area contributed by atoms with E-state index in [4.69, 9.17) is 0 Å². The summed E-state index contributed by atoms with van der Waals surface area (Å²) in [5.41, 5.74) is 9.96. The van der Waals surface area contributed by atoms with Crippen LogP contribution in [0.5, 0.6) is 0 Å². The molecule has 1 aromatic carbocycles. The molecule has 1 aliphatic heterocycles. The van der Waals surface area contributed by atoms with Crippen LogP contribution in [0.3, 0.4) is 0 Å². The van der Waals surface area contributed by atoms with Crippen LogP contribution < -0.4 is 21.6 Å². The van der Waals surface area contributed by atoms with Gasteiger partial charge in [0.2, 0.25) is 5.95 Å². The van der Waals surface area contributed by atoms with Gasteiger partial charge in [0.25, 0.3) is 0 Å². The van der Waals surface area contributed by atoms with Crippen molar-refractivity contribution in [3.05, 3.63) is 70.9 Å². The van der Waals surface area contributed by atoms with E-state index in [1.807, 2.05) is 11.2 Å². The number of hydrogen-bond acceptors (Lipinski definition) is 8. The third kappa shape index (κ3) is 5.07. The quantitative estimate of drug-likeness (QED) is 0.308. The molecule has 1 saturated carbocycles. The Kier molecular flexibility index (Phi) is 6.35. The van der Waals surface area contributed by atoms with Crippen molar-refractivity contribution in [1.82, 2.24) is 25.9 Å². The van der Waals surface area contributed by atoms with E-state index >= 15 is 4.39 Å². The molecule has 4 N–H and O–H groups in total. The van der Waals surface area contributed by atoms with Crippen LogP contribution in [0, 0.1) is 35.4 Å². The van der Waals surface area contributed by atoms with Gasteiger partial charge in [0.15, 0.2) is 5.82 Å². The summed E-state index contributed by atoms with van der Waals surface area (Å²) in [7, 11) is 0. The fraction of sp³-hybridized carbons (Fsp3) is 0.393. The second-order valence-electron chi connectivity index (χ2n) is 11.5. The molecule has 38 heavy (non-hydrogen) atoms. The van der Waals surface area contributed by atoms with Gasteiger partial charge in [-0.05, 0) is 50.3 Å². The summed E-state index contributed by atoms with van der Waals surface area (Å²) >= 11 is 0. The molecule has 0 radical (unpaired) electrons. The summed E-state index contributed by atoms with van der Waals surface area (Å²) in [5, 5.41) is 19.0. The molecule has 5 rings (SSSR count). The summed E-state index contributed by atoms with van der Waals surface area (Å²) < 4.78 is 29.3. The zero-order chi connectivity index (χ0) is 27.2. The van der Waals surface area contributed by atoms with E-state index < -0.39 is 17.8 Å². The van der Waals surface area contributed by atoms with Crippen molar-refractivity contribution < 1.29 is 8.78 Å². The number of benzene rings is 1. The molecule has 198 valence electrons. The molecule has 1 fully saturated rings. The molecule has 0 amide bonds. The van der Waals surface area contributed by atoms with Crippen LogP contribution in [-0.4, -0.2) is 27.1 Å². The van der Waals surface area contributed by atoms with Crippen LogP contribution in [0.1, 0.15) is 63.4 Å². The smallest absolute Gasteiger partial charge is 0.213 e. The number of hydrogen-bond donors (Lipinski definition) is 4. The lowest BCUT2D eigenvalue weighted by Gasteiger charge is -2.24. The molecule has 0 bridgehead atoms. The van der Waals surface area contributed by atoms with Crippen molar-refractivity contribution in [1.29, 1.82) is 5.26 Å². The second-order valence-corrected chi connectivity index (χ2v) is 11.5. The number of nitrogens with zero attached hydrogens (tertiary/aromatic N) is 4. The SMILES string of the molecule is Cc1nc(F)ccc1[C@H](Nc1cc(F)c2ncc(C#N)c(NCC(C)(C)C)c2c1)C1=CN(C2(C)CC2)NN1. The predicted molar refractivity (Wildman–Crippen MR) is 143 cm³/mol. The van der Waals surface area contributed by atoms with E-state index in [0.29, 0.717) is 34.6 Å². The zero-order valence-electron chi connectivity index (χ0n) is 22.2. The molecule has 0 saturated heterocycles. The molecule has 0 spiro atoms. The highest BCUT2D eigenvalue weighted by atomic mass is 19.1. The number of fused-ring (bicyclic) bond motifs is 1. The van der Waals surface area contributed by atoms with Crippen LogP contribution >= 0.6 is 0 Å². The van der Waals surface area contributed by atoms with Gasteiger partial charge in [-0.3, -0.25) is 9.99 Å². The summed E-state index contributed by atoms with van der Waals surface area (Å²) in [6.07, 6.45) is 5.51. The lowest BCUT2D eigenvalue weighted by molar-refractivity contribution is 0.190. The lowest BCUT2D eigenvalue weighted by atomic mass is 9.96. The summed E-state index contributed by atoms with van der Waals surface area (Å²) in [4.78, 5) is 8.24. The maximum absolute atomic E-state index is 15.4. The maximum Gasteiger partial charge on any atom is 0.213 e. The van der Waals surface area contributed by atoms with Gasteiger partial charge in [-0.2, -0.15) is 9.65 Å². The van der Waals surface area contributed by atoms with E-state index in [2.05, 4.69) is 65.3 Å². The normalized spacial score (nSPS) is 17.0. The first-order chi connectivity index (χ1) is 18.0. The van der Waals surface area contributed by atoms with E-state index in [9.17, 15) is 9.65 Å². The fourth-order valence-electron chi connectivity index (χ4n) is 4.50. The number of nitriles is 1. The van der Waals surface area contributed by atoms with Crippen LogP contribution in [0.25, 0.3) is 10.9 Å². The van der Waals surface area contributed by atoms with Crippen molar-refractivity contribution in [2.45, 2.75) is 59.0 Å². The number of halogens is 2. The molecule has 8 nitrogen and oxygen atoms in total. The first-order valence-corrected chi connectivity index (χ1v) is 12.7. The average molecular weight is 519 g/mol. The number of aromatic nitrogens is 2. The fourth-order valence-corrected chi connectivity index (χ4v) is 4.50. The van der Waals surface area contributed by atoms with Gasteiger partial charge >= 0.3 is 0 Å². The minimum atomic E-state index is -0.565. The second kappa shape index (κ2) is 9.40. The van der Waals surface area contributed by atoms with Gasteiger partial charge < -0.3 is 16.1 Å². The minimum absolute atomic E-state index is 0.0252. The standard InChI is InChI=1S/C28H32F2N8/c1-16-19(6-7-23(30)34-16)26(22-14-38(37-36-22)28(5)8-9-28)35-18-10-20-24(33-15-27(2,3)4)17(12-31)13-32-25(20)21(29)11-18/h6-7,10-11,13-14,26,35-37H,8-9,15H2,1-5H3,(H,32,33)/t26-/m0/s1. The molecule has 1 aliphatic carbocycles. The Bertz CT molecular complexity index is 1470. The van der Waals surface area contributed by atoms with Crippen LogP contribution in [-0.2, 0) is 0 Å². The minimum Gasteiger partial charge on any atom is -0.383 e. The monoisotopic (exact) mass is 518 g/mol. The van der Waals surface area contributed by atoms with Gasteiger partial charge in [0.1, 0.15) is 11.6 Å². The first kappa shape index (κ1) is 25.7. The van der Waals surface area contributed by atoms with E-state index in [-0.39, 0.29) is 16.5 Å². The molecule has 10 heteroatoms. The Morgan fingerprint density at radius 3 is 2.66 bits per heavy atom. The van der Waals surface area contributed by atoms with Gasteiger partial charge in [-0.15, -0.1) is 5.53 Å². The van der Waals surface area contributed by atoms with Crippen LogP contribution in [0.4, 0.5) is 20.2 Å². The van der Waals surface area contributed by atoms with Crippen molar-refractivity contribution >= 4 is 22.3 Å². The molecular weight excluding hydrogens is 486 g/mol. The summed E-state index contributed by atoms with van der Waals surface area (Å²) in [6.45, 7) is 10.7. The van der Waals surface area contributed by atoms with E-state index in [0.717, 1.165) is 24.1 Å². The highest BCUT2D eigenvalue weighted by Gasteiger charge is 2.44. The number of anilines is 2. The third-order valence-corrected chi connectivity index (χ3v) is 7.01. The van der Waals surface area contributed by atoms with Gasteiger partial charge in [0.05, 0.1) is 28.5 Å². The van der Waals surface area contributed by atoms with Gasteiger partial charge in [-0.25, -0.2) is 9.37 Å². The maximum atomic E-state index is 15.4. The zero-order valence-corrected chi connectivity index (χ0v) is 22.2. The molecule has 0 unspecified atom stereocenters. The largest absolute Gasteiger partial charge is 0.383 e. The average Bonchev–Trinajstić information content (AvgIpc) is 3.40. The Labute approximate surface area is 221 Å². The predicted octanol–water partition coefficient (Wildman–Crippen LogP) is 5.42. The van der Waals surface area contributed by atoms with E-state index in [1.165, 1.54) is 18.3 Å². The van der Waals surface area contributed by atoms with Crippen LogP contribution in [0.2, 0.25) is 0 Å². The molecule has 1 atom stereocenters. The highest BCUT2D eigenvalue weighted by molar-refractivity contribution is 5.96. The third-order valence-electron chi connectivity index (χ3n) is 7.01. The summed E-state index contributed by atoms with van der Waals surface area (Å²) in [5.74, 6) is -1.08. The molecule has 2 aliphatic rings. The number of pyridine rings is 2. The highest BCUT2D eigenvalue weighted by Crippen LogP contribution is 2.42. The van der Waals surface area contributed by atoms with Crippen molar-refractivity contribution in [3.63, 3.8) is 0 Å². The van der Waals surface area contributed by atoms with Crippen molar-refractivity contribution in [3.8, 4) is 6.07 Å². The molecule has 2 aromatic heterocycles. The number of rotatable bonds is 7. The lowest BCUT2D eigenvalue weighted by Crippen LogP contribution is -2.43. The topological polar surface area (TPSA) is 101 Å². The Hall–Kier alpha value is -3.97. The van der Waals surface area contributed by atoms with Crippen molar-refractivity contribution in [2.24, 2.45) is 5.41 Å². The number of aryl methyl sites for hydroxylation is 1. The molecule has 3 aromatic rings. The Morgan fingerprint density at radius 1 is 1.24 bits per heavy atom. The first-order valence-electron chi connectivity index (χ1n) is 12.7. The summed E-state index contributed by atoms with van der Waals surface area (Å²) in [6, 6.07) is 7.86. The Morgan fingerprint density at radius 2 is 2.00 bits per heavy atom. The van der Waals surface area contributed by atoms with Crippen LogP contribution in [0.15, 0.2) is 42.4 Å². The van der Waals surface area contributed by atoms with Crippen molar-refractivity contribution in [2.75, 3.05) is 17.2 Å². The Balaban J connectivity index is 1.58.